The van der Waals surface area contributed by atoms with Crippen molar-refractivity contribution in [3.05, 3.63) is 35.8 Å². The predicted molar refractivity (Wildman–Crippen MR) is 49.9 cm³/mol. The van der Waals surface area contributed by atoms with E-state index in [1.165, 1.54) is 6.07 Å². The molecule has 2 rings (SSSR count). The van der Waals surface area contributed by atoms with Crippen LogP contribution in [0.4, 0.5) is 13.2 Å². The molecule has 0 unspecified atom stereocenters. The predicted octanol–water partition coefficient (Wildman–Crippen LogP) is 2.46. The summed E-state index contributed by atoms with van der Waals surface area (Å²) < 4.78 is 37.2. The number of aldehydes is 1. The molecule has 0 saturated carbocycles. The molecule has 2 aromatic rings. The summed E-state index contributed by atoms with van der Waals surface area (Å²) in [5, 5.41) is 0.311. The first-order valence-corrected chi connectivity index (χ1v) is 4.29. The lowest BCUT2D eigenvalue weighted by atomic mass is 10.1. The number of hydrogen-bond acceptors (Lipinski definition) is 3. The SMILES string of the molecule is O=Cc1ncnc2cc(C(F)(F)F)ccc12. The fraction of sp³-hybridized carbons (Fsp3) is 0.100. The normalized spacial score (nSPS) is 11.7. The van der Waals surface area contributed by atoms with Gasteiger partial charge in [-0.05, 0) is 18.2 Å². The molecule has 0 aliphatic heterocycles. The molecule has 1 heterocycles. The summed E-state index contributed by atoms with van der Waals surface area (Å²) in [4.78, 5) is 17.9. The van der Waals surface area contributed by atoms with Crippen molar-refractivity contribution in [1.82, 2.24) is 9.97 Å². The molecule has 0 fully saturated rings. The standard InChI is InChI=1S/C10H5F3N2O/c11-10(12,13)6-1-2-7-8(3-6)14-5-15-9(7)4-16/h1-5H. The minimum Gasteiger partial charge on any atom is -0.296 e. The molecule has 1 aromatic heterocycles. The number of benzene rings is 1. The maximum Gasteiger partial charge on any atom is 0.416 e. The third kappa shape index (κ3) is 1.73. The molecule has 0 spiro atoms. The van der Waals surface area contributed by atoms with Crippen molar-refractivity contribution in [2.45, 2.75) is 6.18 Å². The van der Waals surface area contributed by atoms with Gasteiger partial charge in [-0.3, -0.25) is 4.79 Å². The quantitative estimate of drug-likeness (QED) is 0.701. The van der Waals surface area contributed by atoms with Gasteiger partial charge in [0.15, 0.2) is 6.29 Å². The lowest BCUT2D eigenvalue weighted by molar-refractivity contribution is -0.137. The van der Waals surface area contributed by atoms with Crippen LogP contribution in [0.2, 0.25) is 0 Å². The molecule has 82 valence electrons. The van der Waals surface area contributed by atoms with Gasteiger partial charge < -0.3 is 0 Å². The third-order valence-electron chi connectivity index (χ3n) is 2.11. The van der Waals surface area contributed by atoms with Crippen LogP contribution in [0.3, 0.4) is 0 Å². The first-order chi connectivity index (χ1) is 7.52. The molecule has 0 aliphatic carbocycles. The van der Waals surface area contributed by atoms with E-state index in [9.17, 15) is 18.0 Å². The van der Waals surface area contributed by atoms with Crippen molar-refractivity contribution in [2.75, 3.05) is 0 Å². The van der Waals surface area contributed by atoms with Crippen molar-refractivity contribution in [2.24, 2.45) is 0 Å². The fourth-order valence-electron chi connectivity index (χ4n) is 1.35. The number of alkyl halides is 3. The fourth-order valence-corrected chi connectivity index (χ4v) is 1.35. The summed E-state index contributed by atoms with van der Waals surface area (Å²) in [7, 11) is 0. The summed E-state index contributed by atoms with van der Waals surface area (Å²) in [6.07, 6.45) is -2.87. The Morgan fingerprint density at radius 1 is 1.19 bits per heavy atom. The first-order valence-electron chi connectivity index (χ1n) is 4.29. The first kappa shape index (κ1) is 10.5. The van der Waals surface area contributed by atoms with Gasteiger partial charge in [0.05, 0.1) is 11.1 Å². The molecule has 0 saturated heterocycles. The number of carbonyl (C=O) groups excluding carboxylic acids is 1. The third-order valence-corrected chi connectivity index (χ3v) is 2.11. The van der Waals surface area contributed by atoms with Gasteiger partial charge in [0, 0.05) is 5.39 Å². The molecule has 0 bridgehead atoms. The van der Waals surface area contributed by atoms with Crippen LogP contribution >= 0.6 is 0 Å². The number of nitrogens with zero attached hydrogens (tertiary/aromatic N) is 2. The lowest BCUT2D eigenvalue weighted by Crippen LogP contribution is -2.05. The van der Waals surface area contributed by atoms with E-state index in [-0.39, 0.29) is 11.2 Å². The zero-order chi connectivity index (χ0) is 11.8. The molecule has 1 aromatic carbocycles. The molecule has 3 nitrogen and oxygen atoms in total. The summed E-state index contributed by atoms with van der Waals surface area (Å²) in [6.45, 7) is 0. The van der Waals surface area contributed by atoms with Crippen LogP contribution < -0.4 is 0 Å². The number of fused-ring (bicyclic) bond motifs is 1. The Morgan fingerprint density at radius 2 is 1.94 bits per heavy atom. The molecular weight excluding hydrogens is 221 g/mol. The number of hydrogen-bond donors (Lipinski definition) is 0. The van der Waals surface area contributed by atoms with E-state index in [1.807, 2.05) is 0 Å². The summed E-state index contributed by atoms with van der Waals surface area (Å²) in [5.41, 5.74) is -0.610. The minimum atomic E-state index is -4.42. The van der Waals surface area contributed by atoms with Gasteiger partial charge in [0.25, 0.3) is 0 Å². The second kappa shape index (κ2) is 3.55. The number of aromatic nitrogens is 2. The molecule has 0 atom stereocenters. The highest BCUT2D eigenvalue weighted by atomic mass is 19.4. The maximum absolute atomic E-state index is 12.4. The Labute approximate surface area is 87.9 Å². The maximum atomic E-state index is 12.4. The second-order valence-corrected chi connectivity index (χ2v) is 3.11. The Morgan fingerprint density at radius 3 is 2.56 bits per heavy atom. The highest BCUT2D eigenvalue weighted by Gasteiger charge is 2.30. The van der Waals surface area contributed by atoms with Crippen molar-refractivity contribution in [3.8, 4) is 0 Å². The second-order valence-electron chi connectivity index (χ2n) is 3.11. The molecule has 6 heteroatoms. The monoisotopic (exact) mass is 226 g/mol. The van der Waals surface area contributed by atoms with E-state index in [4.69, 9.17) is 0 Å². The highest BCUT2D eigenvalue weighted by molar-refractivity contribution is 5.94. The van der Waals surface area contributed by atoms with Crippen molar-refractivity contribution < 1.29 is 18.0 Å². The average Bonchev–Trinajstić information content (AvgIpc) is 2.26. The zero-order valence-electron chi connectivity index (χ0n) is 7.82. The number of halogens is 3. The van der Waals surface area contributed by atoms with Crippen LogP contribution in [0.1, 0.15) is 16.1 Å². The van der Waals surface area contributed by atoms with Gasteiger partial charge in [0.2, 0.25) is 0 Å². The smallest absolute Gasteiger partial charge is 0.296 e. The van der Waals surface area contributed by atoms with Gasteiger partial charge in [-0.2, -0.15) is 13.2 Å². The van der Waals surface area contributed by atoms with Crippen LogP contribution in [0.5, 0.6) is 0 Å². The molecule has 0 N–H and O–H groups in total. The van der Waals surface area contributed by atoms with Gasteiger partial charge in [-0.1, -0.05) is 0 Å². The Balaban J connectivity index is 2.69. The number of carbonyl (C=O) groups is 1. The zero-order valence-corrected chi connectivity index (χ0v) is 7.82. The van der Waals surface area contributed by atoms with Crippen molar-refractivity contribution in [3.63, 3.8) is 0 Å². The largest absolute Gasteiger partial charge is 0.416 e. The van der Waals surface area contributed by atoms with Gasteiger partial charge in [0.1, 0.15) is 12.0 Å². The minimum absolute atomic E-state index is 0.0822. The molecule has 0 radical (unpaired) electrons. The van der Waals surface area contributed by atoms with E-state index in [0.29, 0.717) is 11.7 Å². The van der Waals surface area contributed by atoms with Gasteiger partial charge in [-0.25, -0.2) is 9.97 Å². The topological polar surface area (TPSA) is 42.9 Å². The van der Waals surface area contributed by atoms with E-state index >= 15 is 0 Å². The summed E-state index contributed by atoms with van der Waals surface area (Å²) in [5.74, 6) is 0. The highest BCUT2D eigenvalue weighted by Crippen LogP contribution is 2.31. The lowest BCUT2D eigenvalue weighted by Gasteiger charge is -2.07. The van der Waals surface area contributed by atoms with Crippen molar-refractivity contribution in [1.29, 1.82) is 0 Å². The van der Waals surface area contributed by atoms with E-state index in [2.05, 4.69) is 9.97 Å². The Hall–Kier alpha value is -1.98. The molecular formula is C10H5F3N2O. The van der Waals surface area contributed by atoms with Crippen molar-refractivity contribution >= 4 is 17.2 Å². The van der Waals surface area contributed by atoms with Crippen LogP contribution in [-0.4, -0.2) is 16.3 Å². The molecule has 0 aliphatic rings. The summed E-state index contributed by atoms with van der Waals surface area (Å²) >= 11 is 0. The van der Waals surface area contributed by atoms with E-state index in [0.717, 1.165) is 18.5 Å². The van der Waals surface area contributed by atoms with Crippen LogP contribution in [0, 0.1) is 0 Å². The average molecular weight is 226 g/mol. The molecule has 0 amide bonds. The van der Waals surface area contributed by atoms with Crippen LogP contribution in [0.25, 0.3) is 10.9 Å². The van der Waals surface area contributed by atoms with Crippen LogP contribution in [0.15, 0.2) is 24.5 Å². The molecule has 16 heavy (non-hydrogen) atoms. The summed E-state index contributed by atoms with van der Waals surface area (Å²) in [6, 6.07) is 2.99. The van der Waals surface area contributed by atoms with E-state index in [1.54, 1.807) is 0 Å². The Kier molecular flexibility index (Phi) is 2.34. The van der Waals surface area contributed by atoms with E-state index < -0.39 is 11.7 Å². The van der Waals surface area contributed by atoms with Gasteiger partial charge >= 0.3 is 6.18 Å². The Bertz CT molecular complexity index is 551. The van der Waals surface area contributed by atoms with Gasteiger partial charge in [-0.15, -0.1) is 0 Å². The van der Waals surface area contributed by atoms with Crippen LogP contribution in [-0.2, 0) is 6.18 Å². The number of rotatable bonds is 1.